The van der Waals surface area contributed by atoms with Crippen molar-refractivity contribution in [2.45, 2.75) is 113 Å². The van der Waals surface area contributed by atoms with Crippen molar-refractivity contribution in [1.29, 1.82) is 0 Å². The third kappa shape index (κ3) is 9.23. The number of amides is 5. The van der Waals surface area contributed by atoms with Gasteiger partial charge < -0.3 is 25.0 Å². The number of ether oxygens (including phenoxy) is 2. The Morgan fingerprint density at radius 3 is 2.55 bits per heavy atom. The first-order valence-corrected chi connectivity index (χ1v) is 20.2. The van der Waals surface area contributed by atoms with E-state index in [-0.39, 0.29) is 48.8 Å². The Bertz CT molecular complexity index is 2010. The Balaban J connectivity index is 1.27. The highest BCUT2D eigenvalue weighted by Crippen LogP contribution is 2.46. The Hall–Kier alpha value is -4.70. The van der Waals surface area contributed by atoms with Gasteiger partial charge in [0.1, 0.15) is 35.1 Å². The fourth-order valence-electron chi connectivity index (χ4n) is 7.25. The van der Waals surface area contributed by atoms with Crippen molar-refractivity contribution >= 4 is 51.5 Å². The van der Waals surface area contributed by atoms with Gasteiger partial charge in [0.2, 0.25) is 11.8 Å². The van der Waals surface area contributed by atoms with E-state index in [1.807, 2.05) is 6.08 Å². The maximum Gasteiger partial charge on any atom is 0.410 e. The number of hydrogen-bond donors (Lipinski definition) is 3. The molecule has 1 aliphatic carbocycles. The van der Waals surface area contributed by atoms with Crippen molar-refractivity contribution in [3.63, 3.8) is 0 Å². The van der Waals surface area contributed by atoms with Gasteiger partial charge in [-0.25, -0.2) is 27.1 Å². The molecule has 1 saturated carbocycles. The fraction of sp³-hybridized carbons (Fsp3) is 0.500. The maximum atomic E-state index is 14.5. The van der Waals surface area contributed by atoms with E-state index in [1.54, 1.807) is 39.0 Å². The summed E-state index contributed by atoms with van der Waals surface area (Å²) in [4.78, 5) is 71.2. The molecule has 2 fully saturated rings. The molecule has 5 amide bonds. The number of hydrogen-bond acceptors (Lipinski definition) is 9. The quantitative estimate of drug-likeness (QED) is 0.362. The molecule has 2 aromatic carbocycles. The number of rotatable bonds is 5. The number of nitrogens with one attached hydrogen (secondary N) is 3. The second-order valence-corrected chi connectivity index (χ2v) is 17.5. The fourth-order valence-corrected chi connectivity index (χ4v) is 8.59. The molecule has 0 bridgehead atoms. The van der Waals surface area contributed by atoms with Crippen LogP contribution in [0.4, 0.5) is 14.0 Å². The van der Waals surface area contributed by atoms with E-state index in [2.05, 4.69) is 15.4 Å². The molecule has 5 atom stereocenters. The van der Waals surface area contributed by atoms with Crippen LogP contribution in [0.1, 0.15) is 76.8 Å². The van der Waals surface area contributed by atoms with Gasteiger partial charge in [-0.1, -0.05) is 54.8 Å². The van der Waals surface area contributed by atoms with Crippen LogP contribution < -0.4 is 15.4 Å². The largest absolute Gasteiger partial charge is 0.444 e. The molecule has 6 rings (SSSR count). The van der Waals surface area contributed by atoms with Crippen molar-refractivity contribution in [3.8, 4) is 0 Å². The molecule has 0 spiro atoms. The molecule has 3 N–H and O–H groups in total. The van der Waals surface area contributed by atoms with Crippen LogP contribution in [0.3, 0.4) is 0 Å². The minimum Gasteiger partial charge on any atom is -0.444 e. The van der Waals surface area contributed by atoms with E-state index >= 15 is 0 Å². The molecule has 296 valence electrons. The van der Waals surface area contributed by atoms with Crippen LogP contribution in [0.15, 0.2) is 59.5 Å². The molecular formula is C38H45ClFN5O9S. The number of benzene rings is 2. The number of carbonyl (C=O) groups excluding carboxylic acids is 5. The van der Waals surface area contributed by atoms with Gasteiger partial charge in [0.25, 0.3) is 15.9 Å². The second kappa shape index (κ2) is 15.8. The van der Waals surface area contributed by atoms with Gasteiger partial charge in [0, 0.05) is 29.5 Å². The number of fused-ring (bicyclic) bond motifs is 3. The Morgan fingerprint density at radius 1 is 1.05 bits per heavy atom. The Kier molecular flexibility index (Phi) is 11.5. The van der Waals surface area contributed by atoms with Crippen LogP contribution in [-0.2, 0) is 47.0 Å². The first-order valence-electron chi connectivity index (χ1n) is 18.3. The molecule has 3 aliphatic heterocycles. The summed E-state index contributed by atoms with van der Waals surface area (Å²) in [5.41, 5.74) is -1.53. The first kappa shape index (κ1) is 40.0. The lowest BCUT2D eigenvalue weighted by Crippen LogP contribution is -2.58. The molecule has 1 saturated heterocycles. The molecule has 0 aromatic heterocycles. The number of allylic oxidation sites excluding steroid dienone is 1. The summed E-state index contributed by atoms with van der Waals surface area (Å²) < 4.78 is 54.3. The van der Waals surface area contributed by atoms with E-state index in [9.17, 15) is 36.8 Å². The van der Waals surface area contributed by atoms with Crippen LogP contribution in [0.25, 0.3) is 0 Å². The van der Waals surface area contributed by atoms with E-state index in [4.69, 9.17) is 21.1 Å². The van der Waals surface area contributed by atoms with E-state index < -0.39 is 81.0 Å². The van der Waals surface area contributed by atoms with Crippen molar-refractivity contribution in [2.24, 2.45) is 5.92 Å². The van der Waals surface area contributed by atoms with E-state index in [0.717, 1.165) is 6.42 Å². The zero-order valence-electron chi connectivity index (χ0n) is 30.8. The van der Waals surface area contributed by atoms with Gasteiger partial charge in [0.15, 0.2) is 0 Å². The lowest BCUT2D eigenvalue weighted by Gasteiger charge is -2.30. The van der Waals surface area contributed by atoms with Crippen LogP contribution in [0.5, 0.6) is 0 Å². The predicted molar refractivity (Wildman–Crippen MR) is 197 cm³/mol. The smallest absolute Gasteiger partial charge is 0.410 e. The molecule has 0 radical (unpaired) electrons. The monoisotopic (exact) mass is 801 g/mol. The van der Waals surface area contributed by atoms with E-state index in [1.165, 1.54) is 40.1 Å². The van der Waals surface area contributed by atoms with E-state index in [0.29, 0.717) is 30.4 Å². The van der Waals surface area contributed by atoms with Crippen LogP contribution in [-0.4, -0.2) is 84.0 Å². The summed E-state index contributed by atoms with van der Waals surface area (Å²) in [6.07, 6.45) is 3.78. The molecule has 0 unspecified atom stereocenters. The molecular weight excluding hydrogens is 757 g/mol. The van der Waals surface area contributed by atoms with Gasteiger partial charge in [0.05, 0.1) is 18.0 Å². The van der Waals surface area contributed by atoms with Crippen molar-refractivity contribution < 1.29 is 46.3 Å². The third-order valence-electron chi connectivity index (χ3n) is 10.1. The van der Waals surface area contributed by atoms with Gasteiger partial charge >= 0.3 is 12.2 Å². The minimum atomic E-state index is -4.40. The van der Waals surface area contributed by atoms with Crippen LogP contribution in [0, 0.1) is 11.7 Å². The lowest BCUT2D eigenvalue weighted by atomic mass is 10.0. The Morgan fingerprint density at radius 2 is 1.82 bits per heavy atom. The first-order chi connectivity index (χ1) is 26.0. The molecule has 14 nitrogen and oxygen atoms in total. The number of sulfonamides is 1. The highest BCUT2D eigenvalue weighted by molar-refractivity contribution is 7.90. The number of carbonyl (C=O) groups is 5. The second-order valence-electron chi connectivity index (χ2n) is 15.4. The summed E-state index contributed by atoms with van der Waals surface area (Å²) in [6.45, 7) is 4.91. The van der Waals surface area contributed by atoms with Gasteiger partial charge in [-0.05, 0) is 76.3 Å². The Labute approximate surface area is 324 Å². The summed E-state index contributed by atoms with van der Waals surface area (Å²) in [6, 6.07) is 7.56. The summed E-state index contributed by atoms with van der Waals surface area (Å²) >= 11 is 6.01. The lowest BCUT2D eigenvalue weighted by molar-refractivity contribution is -0.141. The number of nitrogens with zero attached hydrogens (tertiary/aromatic N) is 2. The summed E-state index contributed by atoms with van der Waals surface area (Å²) in [5.74, 6) is -3.38. The highest BCUT2D eigenvalue weighted by Gasteiger charge is 2.61. The molecule has 4 aliphatic rings. The summed E-state index contributed by atoms with van der Waals surface area (Å²) in [5, 5.41) is 5.56. The average molecular weight is 802 g/mol. The SMILES string of the molecule is CC(C)(C)OC(=O)N[C@H]1CCCCC/C=C\[C@@H]2C[C@@]2(C(=O)NS(=O)(=O)c2cccc(Cl)c2)NC(=O)[C@@H]2C[C@@H](OC(=O)N3Cc4cccc(F)c4C3)CN2C1=O. The normalized spacial score (nSPS) is 26.3. The van der Waals surface area contributed by atoms with Crippen molar-refractivity contribution in [1.82, 2.24) is 25.2 Å². The topological polar surface area (TPSA) is 181 Å². The van der Waals surface area contributed by atoms with Gasteiger partial charge in [-0.15, -0.1) is 0 Å². The van der Waals surface area contributed by atoms with Crippen molar-refractivity contribution in [3.05, 3.63) is 76.6 Å². The van der Waals surface area contributed by atoms with Gasteiger partial charge in [-0.2, -0.15) is 0 Å². The van der Waals surface area contributed by atoms with Crippen molar-refractivity contribution in [2.75, 3.05) is 6.54 Å². The maximum absolute atomic E-state index is 14.5. The molecule has 3 heterocycles. The molecule has 2 aromatic rings. The van der Waals surface area contributed by atoms with Gasteiger partial charge in [-0.3, -0.25) is 19.3 Å². The zero-order chi connectivity index (χ0) is 39.7. The zero-order valence-corrected chi connectivity index (χ0v) is 32.4. The van der Waals surface area contributed by atoms with Crippen LogP contribution in [0.2, 0.25) is 5.02 Å². The average Bonchev–Trinajstić information content (AvgIpc) is 3.40. The predicted octanol–water partition coefficient (Wildman–Crippen LogP) is 4.69. The minimum absolute atomic E-state index is 0.0212. The number of alkyl carbamates (subject to hydrolysis) is 1. The number of halogens is 2. The molecule has 17 heteroatoms. The molecule has 55 heavy (non-hydrogen) atoms. The standard InChI is InChI=1S/C38H45ClFN5O9S/c1-37(2,3)54-35(49)41-30-16-8-6-4-5-7-12-24-19-38(24,34(48)43-55(51,52)27-14-10-13-25(39)17-27)42-32(46)31-18-26(21-45(31)33(30)47)53-36(50)44-20-23-11-9-15-29(40)28(23)22-44/h7,9-15,17,24,26,30-31H,4-6,8,16,18-22H2,1-3H3,(H,41,49)(H,42,46)(H,43,48)/b12-7-/t24-,26-,30+,31+,38-/m1/s1. The summed E-state index contributed by atoms with van der Waals surface area (Å²) in [7, 11) is -4.40. The van der Waals surface area contributed by atoms with Crippen LogP contribution >= 0.6 is 11.6 Å². The highest BCUT2D eigenvalue weighted by atomic mass is 35.5. The third-order valence-corrected chi connectivity index (χ3v) is 11.7.